The molecule has 1 aliphatic heterocycles. The van der Waals surface area contributed by atoms with Crippen molar-refractivity contribution in [3.63, 3.8) is 0 Å². The van der Waals surface area contributed by atoms with Gasteiger partial charge in [-0.3, -0.25) is 14.4 Å². The van der Waals surface area contributed by atoms with E-state index in [1.165, 1.54) is 17.2 Å². The Kier molecular flexibility index (Phi) is 4.90. The lowest BCUT2D eigenvalue weighted by molar-refractivity contribution is -0.140. The molecule has 1 aromatic heterocycles. The minimum atomic E-state index is -0.522. The number of amides is 2. The number of H-pyrrole nitrogens is 1. The fraction of sp³-hybridized carbons (Fsp3) is 0.533. The second kappa shape index (κ2) is 6.52. The van der Waals surface area contributed by atoms with Crippen molar-refractivity contribution in [1.82, 2.24) is 14.8 Å². The number of hydrogen-bond donors (Lipinski definition) is 1. The van der Waals surface area contributed by atoms with Gasteiger partial charge in [0.15, 0.2) is 0 Å². The van der Waals surface area contributed by atoms with Crippen LogP contribution in [0.15, 0.2) is 17.1 Å². The van der Waals surface area contributed by atoms with Crippen LogP contribution in [0.4, 0.5) is 0 Å². The minimum absolute atomic E-state index is 0.0386. The van der Waals surface area contributed by atoms with Gasteiger partial charge in [0, 0.05) is 25.8 Å². The summed E-state index contributed by atoms with van der Waals surface area (Å²) in [5, 5.41) is -0.0386. The Hall–Kier alpha value is -1.82. The normalized spacial score (nSPS) is 19.0. The molecular formula is C15H20ClN3O3. The molecule has 1 fully saturated rings. The van der Waals surface area contributed by atoms with E-state index >= 15 is 0 Å². The molecule has 1 atom stereocenters. The lowest BCUT2D eigenvalue weighted by atomic mass is 10.1. The smallest absolute Gasteiger partial charge is 0.266 e. The number of piperazine rings is 1. The Bertz CT molecular complexity index is 641. The molecular weight excluding hydrogens is 306 g/mol. The molecule has 1 aliphatic rings. The summed E-state index contributed by atoms with van der Waals surface area (Å²) in [5.74, 6) is 0.0309. The van der Waals surface area contributed by atoms with Crippen LogP contribution in [-0.4, -0.2) is 52.3 Å². The van der Waals surface area contributed by atoms with Crippen molar-refractivity contribution in [3.05, 3.63) is 33.2 Å². The van der Waals surface area contributed by atoms with Gasteiger partial charge in [0.05, 0.1) is 5.56 Å². The Labute approximate surface area is 134 Å². The standard InChI is InChI=1S/C15H20ClN3O3/c1-9(2)8-18-4-5-19(10(3)14(18)21)15(22)11-6-12(16)13(20)17-7-11/h6-7,9-10H,4-5,8H2,1-3H3,(H,17,20). The molecule has 2 heterocycles. The highest BCUT2D eigenvalue weighted by Crippen LogP contribution is 2.17. The molecule has 0 spiro atoms. The predicted octanol–water partition coefficient (Wildman–Crippen LogP) is 1.36. The van der Waals surface area contributed by atoms with Crippen molar-refractivity contribution in [2.24, 2.45) is 5.92 Å². The monoisotopic (exact) mass is 325 g/mol. The van der Waals surface area contributed by atoms with Crippen LogP contribution in [0.5, 0.6) is 0 Å². The molecule has 0 saturated carbocycles. The molecule has 1 unspecified atom stereocenters. The van der Waals surface area contributed by atoms with E-state index in [1.54, 1.807) is 11.8 Å². The van der Waals surface area contributed by atoms with Gasteiger partial charge in [0.25, 0.3) is 11.5 Å². The quantitative estimate of drug-likeness (QED) is 0.912. The fourth-order valence-electron chi connectivity index (χ4n) is 2.57. The molecule has 2 rings (SSSR count). The number of nitrogens with zero attached hydrogens (tertiary/aromatic N) is 2. The maximum absolute atomic E-state index is 12.5. The number of aromatic amines is 1. The first kappa shape index (κ1) is 16.5. The number of pyridine rings is 1. The fourth-order valence-corrected chi connectivity index (χ4v) is 2.75. The summed E-state index contributed by atoms with van der Waals surface area (Å²) < 4.78 is 0. The van der Waals surface area contributed by atoms with E-state index in [-0.39, 0.29) is 22.4 Å². The summed E-state index contributed by atoms with van der Waals surface area (Å²) in [5.41, 5.74) is -0.161. The van der Waals surface area contributed by atoms with Crippen LogP contribution in [0.1, 0.15) is 31.1 Å². The molecule has 1 saturated heterocycles. The molecule has 120 valence electrons. The van der Waals surface area contributed by atoms with E-state index in [0.29, 0.717) is 25.6 Å². The molecule has 0 aromatic carbocycles. The molecule has 7 heteroatoms. The third kappa shape index (κ3) is 3.32. The lowest BCUT2D eigenvalue weighted by Gasteiger charge is -2.39. The highest BCUT2D eigenvalue weighted by molar-refractivity contribution is 6.30. The molecule has 6 nitrogen and oxygen atoms in total. The van der Waals surface area contributed by atoms with E-state index in [2.05, 4.69) is 18.8 Å². The molecule has 0 radical (unpaired) electrons. The van der Waals surface area contributed by atoms with Gasteiger partial charge in [-0.25, -0.2) is 0 Å². The average Bonchev–Trinajstić information content (AvgIpc) is 2.46. The highest BCUT2D eigenvalue weighted by Gasteiger charge is 2.34. The summed E-state index contributed by atoms with van der Waals surface area (Å²) in [6.07, 6.45) is 1.33. The molecule has 0 bridgehead atoms. The van der Waals surface area contributed by atoms with Crippen LogP contribution in [0.25, 0.3) is 0 Å². The second-order valence-electron chi connectivity index (χ2n) is 5.92. The maximum atomic E-state index is 12.5. The number of rotatable bonds is 3. The number of carbonyl (C=O) groups excluding carboxylic acids is 2. The summed E-state index contributed by atoms with van der Waals surface area (Å²) >= 11 is 5.75. The van der Waals surface area contributed by atoms with E-state index in [4.69, 9.17) is 11.6 Å². The van der Waals surface area contributed by atoms with Crippen molar-refractivity contribution in [2.75, 3.05) is 19.6 Å². The first-order valence-corrected chi connectivity index (χ1v) is 7.67. The largest absolute Gasteiger partial charge is 0.339 e. The zero-order chi connectivity index (χ0) is 16.4. The van der Waals surface area contributed by atoms with Gasteiger partial charge < -0.3 is 14.8 Å². The van der Waals surface area contributed by atoms with Crippen LogP contribution < -0.4 is 5.56 Å². The molecule has 22 heavy (non-hydrogen) atoms. The van der Waals surface area contributed by atoms with E-state index < -0.39 is 11.6 Å². The number of hydrogen-bond acceptors (Lipinski definition) is 3. The van der Waals surface area contributed by atoms with Crippen LogP contribution in [0.2, 0.25) is 5.02 Å². The van der Waals surface area contributed by atoms with Crippen LogP contribution in [0.3, 0.4) is 0 Å². The third-order valence-corrected chi connectivity index (χ3v) is 3.98. The van der Waals surface area contributed by atoms with Gasteiger partial charge in [-0.05, 0) is 18.9 Å². The highest BCUT2D eigenvalue weighted by atomic mass is 35.5. The van der Waals surface area contributed by atoms with Crippen LogP contribution in [-0.2, 0) is 4.79 Å². The van der Waals surface area contributed by atoms with Gasteiger partial charge >= 0.3 is 0 Å². The van der Waals surface area contributed by atoms with Crippen molar-refractivity contribution >= 4 is 23.4 Å². The lowest BCUT2D eigenvalue weighted by Crippen LogP contribution is -2.58. The first-order chi connectivity index (χ1) is 10.3. The topological polar surface area (TPSA) is 73.5 Å². The number of halogens is 1. The van der Waals surface area contributed by atoms with E-state index in [1.807, 2.05) is 0 Å². The zero-order valence-electron chi connectivity index (χ0n) is 12.9. The first-order valence-electron chi connectivity index (χ1n) is 7.29. The predicted molar refractivity (Wildman–Crippen MR) is 84.0 cm³/mol. The van der Waals surface area contributed by atoms with Crippen molar-refractivity contribution in [2.45, 2.75) is 26.8 Å². The molecule has 1 aromatic rings. The second-order valence-corrected chi connectivity index (χ2v) is 6.33. The Balaban J connectivity index is 2.16. The van der Waals surface area contributed by atoms with Gasteiger partial charge in [-0.1, -0.05) is 25.4 Å². The summed E-state index contributed by atoms with van der Waals surface area (Å²) in [4.78, 5) is 41.9. The van der Waals surface area contributed by atoms with Gasteiger partial charge in [0.2, 0.25) is 5.91 Å². The number of aromatic nitrogens is 1. The average molecular weight is 326 g/mol. The van der Waals surface area contributed by atoms with E-state index in [0.717, 1.165) is 0 Å². The maximum Gasteiger partial charge on any atom is 0.266 e. The van der Waals surface area contributed by atoms with Crippen molar-refractivity contribution in [1.29, 1.82) is 0 Å². The number of carbonyl (C=O) groups is 2. The Morgan fingerprint density at radius 1 is 1.41 bits per heavy atom. The van der Waals surface area contributed by atoms with Gasteiger partial charge in [-0.2, -0.15) is 0 Å². The number of nitrogens with one attached hydrogen (secondary N) is 1. The van der Waals surface area contributed by atoms with Crippen LogP contribution in [0, 0.1) is 5.92 Å². The summed E-state index contributed by atoms with van der Waals surface area (Å²) in [6.45, 7) is 7.50. The molecule has 2 amide bonds. The SMILES string of the molecule is CC(C)CN1CCN(C(=O)c2c[nH]c(=O)c(Cl)c2)C(C)C1=O. The van der Waals surface area contributed by atoms with E-state index in [9.17, 15) is 14.4 Å². The van der Waals surface area contributed by atoms with Gasteiger partial charge in [0.1, 0.15) is 11.1 Å². The van der Waals surface area contributed by atoms with Gasteiger partial charge in [-0.15, -0.1) is 0 Å². The van der Waals surface area contributed by atoms with Crippen LogP contribution >= 0.6 is 11.6 Å². The zero-order valence-corrected chi connectivity index (χ0v) is 13.7. The Morgan fingerprint density at radius 2 is 2.09 bits per heavy atom. The Morgan fingerprint density at radius 3 is 2.68 bits per heavy atom. The summed E-state index contributed by atoms with van der Waals surface area (Å²) in [7, 11) is 0. The molecule has 1 N–H and O–H groups in total. The molecule has 0 aliphatic carbocycles. The van der Waals surface area contributed by atoms with Crippen molar-refractivity contribution in [3.8, 4) is 0 Å². The summed E-state index contributed by atoms with van der Waals surface area (Å²) in [6, 6.07) is 0.811. The van der Waals surface area contributed by atoms with Crippen molar-refractivity contribution < 1.29 is 9.59 Å². The minimum Gasteiger partial charge on any atom is -0.339 e. The third-order valence-electron chi connectivity index (χ3n) is 3.70.